The van der Waals surface area contributed by atoms with Gasteiger partial charge >= 0.3 is 0 Å². The number of benzene rings is 1. The minimum atomic E-state index is -0.513. The van der Waals surface area contributed by atoms with E-state index in [1.807, 2.05) is 11.5 Å². The lowest BCUT2D eigenvalue weighted by Crippen LogP contribution is -2.30. The van der Waals surface area contributed by atoms with Crippen LogP contribution >= 0.6 is 11.6 Å². The lowest BCUT2D eigenvalue weighted by Gasteiger charge is -2.06. The maximum Gasteiger partial charge on any atom is 0.287 e. The Morgan fingerprint density at radius 2 is 2.38 bits per heavy atom. The van der Waals surface area contributed by atoms with Gasteiger partial charge in [0.2, 0.25) is 0 Å². The molecule has 1 aromatic carbocycles. The third-order valence-corrected chi connectivity index (χ3v) is 2.87. The molecule has 0 spiro atoms. The first-order valence-corrected chi connectivity index (χ1v) is 6.25. The van der Waals surface area contributed by atoms with Gasteiger partial charge in [-0.1, -0.05) is 16.8 Å². The first kappa shape index (κ1) is 14.8. The average molecular weight is 307 g/mol. The van der Waals surface area contributed by atoms with E-state index in [0.29, 0.717) is 29.5 Å². The van der Waals surface area contributed by atoms with Crippen LogP contribution in [0.5, 0.6) is 5.75 Å². The Labute approximate surface area is 125 Å². The zero-order valence-electron chi connectivity index (χ0n) is 10.8. The Balaban J connectivity index is 1.90. The number of nitriles is 1. The molecular formula is C12H11ClN6O2. The summed E-state index contributed by atoms with van der Waals surface area (Å²) in [5.41, 5.74) is 2.48. The van der Waals surface area contributed by atoms with Gasteiger partial charge < -0.3 is 4.74 Å². The van der Waals surface area contributed by atoms with Crippen molar-refractivity contribution < 1.29 is 9.53 Å². The van der Waals surface area contributed by atoms with E-state index < -0.39 is 5.91 Å². The fourth-order valence-electron chi connectivity index (χ4n) is 1.52. The molecule has 0 unspecified atom stereocenters. The van der Waals surface area contributed by atoms with E-state index in [9.17, 15) is 4.79 Å². The number of nitrogen functional groups attached to an aromatic ring is 1. The van der Waals surface area contributed by atoms with Crippen LogP contribution in [-0.4, -0.2) is 27.5 Å². The SMILES string of the molecule is N#Cc1ccc(OCCn2cc(C(=O)NN)nn2)cc1Cl. The number of aromatic nitrogens is 3. The molecule has 0 aliphatic rings. The smallest absolute Gasteiger partial charge is 0.287 e. The quantitative estimate of drug-likeness (QED) is 0.471. The van der Waals surface area contributed by atoms with Crippen LogP contribution in [0.2, 0.25) is 5.02 Å². The normalized spacial score (nSPS) is 9.95. The van der Waals surface area contributed by atoms with E-state index in [1.165, 1.54) is 10.9 Å². The second-order valence-corrected chi connectivity index (χ2v) is 4.35. The fourth-order valence-corrected chi connectivity index (χ4v) is 1.73. The number of amides is 1. The second kappa shape index (κ2) is 6.69. The maximum absolute atomic E-state index is 11.2. The summed E-state index contributed by atoms with van der Waals surface area (Å²) in [6, 6.07) is 6.76. The van der Waals surface area contributed by atoms with Gasteiger partial charge in [-0.2, -0.15) is 5.26 Å². The number of carbonyl (C=O) groups is 1. The van der Waals surface area contributed by atoms with Crippen LogP contribution < -0.4 is 16.0 Å². The summed E-state index contributed by atoms with van der Waals surface area (Å²) in [5, 5.41) is 16.5. The molecule has 21 heavy (non-hydrogen) atoms. The Morgan fingerprint density at radius 3 is 3.05 bits per heavy atom. The number of rotatable bonds is 5. The Hall–Kier alpha value is -2.63. The summed E-state index contributed by atoms with van der Waals surface area (Å²) in [5.74, 6) is 5.02. The zero-order valence-corrected chi connectivity index (χ0v) is 11.5. The van der Waals surface area contributed by atoms with Gasteiger partial charge in [0.1, 0.15) is 18.4 Å². The standard InChI is InChI=1S/C12H11ClN6O2/c13-10-5-9(2-1-8(10)6-14)21-4-3-19-7-11(17-18-19)12(20)16-15/h1-2,5,7H,3-4,15H2,(H,16,20). The monoisotopic (exact) mass is 306 g/mol. The van der Waals surface area contributed by atoms with Crippen molar-refractivity contribution in [2.24, 2.45) is 5.84 Å². The molecule has 0 radical (unpaired) electrons. The minimum absolute atomic E-state index is 0.124. The molecule has 1 amide bonds. The molecule has 3 N–H and O–H groups in total. The van der Waals surface area contributed by atoms with E-state index in [2.05, 4.69) is 10.3 Å². The molecule has 0 aliphatic carbocycles. The van der Waals surface area contributed by atoms with Crippen LogP contribution in [0, 0.1) is 11.3 Å². The second-order valence-electron chi connectivity index (χ2n) is 3.94. The van der Waals surface area contributed by atoms with E-state index in [4.69, 9.17) is 27.4 Å². The number of nitrogens with zero attached hydrogens (tertiary/aromatic N) is 4. The van der Waals surface area contributed by atoms with Crippen molar-refractivity contribution in [2.45, 2.75) is 6.54 Å². The summed E-state index contributed by atoms with van der Waals surface area (Å²) < 4.78 is 6.93. The van der Waals surface area contributed by atoms with Crippen LogP contribution in [0.1, 0.15) is 16.1 Å². The highest BCUT2D eigenvalue weighted by atomic mass is 35.5. The molecule has 8 nitrogen and oxygen atoms in total. The Morgan fingerprint density at radius 1 is 1.57 bits per heavy atom. The van der Waals surface area contributed by atoms with Crippen LogP contribution in [0.25, 0.3) is 0 Å². The molecule has 2 rings (SSSR count). The van der Waals surface area contributed by atoms with Crippen molar-refractivity contribution in [1.82, 2.24) is 20.4 Å². The Kier molecular flexibility index (Phi) is 4.71. The third kappa shape index (κ3) is 3.68. The molecule has 9 heteroatoms. The van der Waals surface area contributed by atoms with E-state index in [1.54, 1.807) is 18.2 Å². The molecule has 0 fully saturated rings. The molecule has 0 saturated heterocycles. The predicted octanol–water partition coefficient (Wildman–Crippen LogP) is 0.486. The summed E-state index contributed by atoms with van der Waals surface area (Å²) in [6.07, 6.45) is 1.46. The number of hydrogen-bond donors (Lipinski definition) is 2. The summed E-state index contributed by atoms with van der Waals surface area (Å²) in [4.78, 5) is 11.2. The van der Waals surface area contributed by atoms with Crippen LogP contribution in [-0.2, 0) is 6.54 Å². The van der Waals surface area contributed by atoms with Gasteiger partial charge in [-0.15, -0.1) is 5.10 Å². The van der Waals surface area contributed by atoms with Gasteiger partial charge in [-0.25, -0.2) is 10.5 Å². The van der Waals surface area contributed by atoms with Gasteiger partial charge in [0, 0.05) is 6.07 Å². The molecule has 1 heterocycles. The number of nitrogens with two attached hydrogens (primary N) is 1. The van der Waals surface area contributed by atoms with Crippen molar-refractivity contribution in [3.63, 3.8) is 0 Å². The lowest BCUT2D eigenvalue weighted by molar-refractivity contribution is 0.0948. The number of hydrogen-bond acceptors (Lipinski definition) is 6. The van der Waals surface area contributed by atoms with Crippen LogP contribution in [0.4, 0.5) is 0 Å². The van der Waals surface area contributed by atoms with Gasteiger partial charge in [-0.3, -0.25) is 10.2 Å². The first-order valence-electron chi connectivity index (χ1n) is 5.87. The van der Waals surface area contributed by atoms with Gasteiger partial charge in [0.15, 0.2) is 5.69 Å². The van der Waals surface area contributed by atoms with Crippen molar-refractivity contribution >= 4 is 17.5 Å². The lowest BCUT2D eigenvalue weighted by atomic mass is 10.2. The fraction of sp³-hybridized carbons (Fsp3) is 0.167. The van der Waals surface area contributed by atoms with Gasteiger partial charge in [-0.05, 0) is 12.1 Å². The predicted molar refractivity (Wildman–Crippen MR) is 73.3 cm³/mol. The van der Waals surface area contributed by atoms with Crippen molar-refractivity contribution in [1.29, 1.82) is 5.26 Å². The summed E-state index contributed by atoms with van der Waals surface area (Å²) in [6.45, 7) is 0.692. The first-order chi connectivity index (χ1) is 10.1. The topological polar surface area (TPSA) is 119 Å². The van der Waals surface area contributed by atoms with E-state index >= 15 is 0 Å². The van der Waals surface area contributed by atoms with Crippen LogP contribution in [0.3, 0.4) is 0 Å². The van der Waals surface area contributed by atoms with Crippen molar-refractivity contribution in [3.05, 3.63) is 40.7 Å². The van der Waals surface area contributed by atoms with Gasteiger partial charge in [0.05, 0.1) is 23.3 Å². The molecular weight excluding hydrogens is 296 g/mol. The van der Waals surface area contributed by atoms with Crippen molar-refractivity contribution in [2.75, 3.05) is 6.61 Å². The number of halogens is 1. The Bertz CT molecular complexity index is 693. The van der Waals surface area contributed by atoms with E-state index in [-0.39, 0.29) is 5.69 Å². The number of hydrazine groups is 1. The highest BCUT2D eigenvalue weighted by molar-refractivity contribution is 6.31. The largest absolute Gasteiger partial charge is 0.492 e. The number of ether oxygens (including phenoxy) is 1. The van der Waals surface area contributed by atoms with Crippen LogP contribution in [0.15, 0.2) is 24.4 Å². The van der Waals surface area contributed by atoms with Gasteiger partial charge in [0.25, 0.3) is 5.91 Å². The molecule has 2 aromatic rings. The zero-order chi connectivity index (χ0) is 15.2. The summed E-state index contributed by atoms with van der Waals surface area (Å²) in [7, 11) is 0. The molecule has 0 atom stereocenters. The highest BCUT2D eigenvalue weighted by Gasteiger charge is 2.08. The number of nitrogens with one attached hydrogen (secondary N) is 1. The van der Waals surface area contributed by atoms with Crippen molar-refractivity contribution in [3.8, 4) is 11.8 Å². The molecule has 0 saturated carbocycles. The summed E-state index contributed by atoms with van der Waals surface area (Å²) >= 11 is 5.89. The maximum atomic E-state index is 11.2. The average Bonchev–Trinajstić information content (AvgIpc) is 2.95. The molecule has 108 valence electrons. The third-order valence-electron chi connectivity index (χ3n) is 2.55. The minimum Gasteiger partial charge on any atom is -0.492 e. The van der Waals surface area contributed by atoms with E-state index in [0.717, 1.165) is 0 Å². The molecule has 0 bridgehead atoms. The molecule has 1 aromatic heterocycles. The number of carbonyl (C=O) groups excluding carboxylic acids is 1. The highest BCUT2D eigenvalue weighted by Crippen LogP contribution is 2.21. The molecule has 0 aliphatic heterocycles.